The highest BCUT2D eigenvalue weighted by Gasteiger charge is 2.08. The summed E-state index contributed by atoms with van der Waals surface area (Å²) in [4.78, 5) is 27.9. The van der Waals surface area contributed by atoms with Crippen LogP contribution >= 0.6 is 0 Å². The fraction of sp³-hybridized carbons (Fsp3) is 0.136. The van der Waals surface area contributed by atoms with Gasteiger partial charge in [-0.2, -0.15) is 0 Å². The molecule has 6 nitrogen and oxygen atoms in total. The van der Waals surface area contributed by atoms with Crippen LogP contribution < -0.4 is 16.0 Å². The van der Waals surface area contributed by atoms with E-state index in [4.69, 9.17) is 0 Å². The summed E-state index contributed by atoms with van der Waals surface area (Å²) in [6.45, 7) is 4.13. The molecule has 0 radical (unpaired) electrons. The molecule has 0 atom stereocenters. The zero-order valence-corrected chi connectivity index (χ0v) is 15.8. The minimum Gasteiger partial charge on any atom is -0.380 e. The second-order valence-corrected chi connectivity index (χ2v) is 6.52. The second kappa shape index (κ2) is 8.81. The maximum absolute atomic E-state index is 12.5. The number of rotatable bonds is 6. The van der Waals surface area contributed by atoms with E-state index in [0.29, 0.717) is 23.5 Å². The van der Waals surface area contributed by atoms with Gasteiger partial charge in [-0.05, 0) is 36.8 Å². The van der Waals surface area contributed by atoms with Gasteiger partial charge in [0.2, 0.25) is 5.91 Å². The number of carbonyl (C=O) groups excluding carboxylic acids is 2. The van der Waals surface area contributed by atoms with Gasteiger partial charge in [-0.15, -0.1) is 0 Å². The zero-order chi connectivity index (χ0) is 19.9. The van der Waals surface area contributed by atoms with Crippen LogP contribution in [0.25, 0.3) is 0 Å². The Balaban J connectivity index is 1.65. The molecular formula is C22H22N4O2. The highest BCUT2D eigenvalue weighted by atomic mass is 16.2. The average Bonchev–Trinajstić information content (AvgIpc) is 2.67. The average molecular weight is 374 g/mol. The van der Waals surface area contributed by atoms with E-state index in [1.54, 1.807) is 36.5 Å². The standard InChI is InChI=1S/C22H22N4O2/c1-15-6-8-17(9-7-15)12-24-21-10-18(13-23-14-21)22(28)26-20-5-3-4-19(11-20)25-16(2)27/h3-11,13-14,24H,12H2,1-2H3,(H,25,27)(H,26,28). The minimum absolute atomic E-state index is 0.167. The van der Waals surface area contributed by atoms with E-state index in [0.717, 1.165) is 11.3 Å². The predicted molar refractivity (Wildman–Crippen MR) is 111 cm³/mol. The molecule has 142 valence electrons. The van der Waals surface area contributed by atoms with E-state index in [1.807, 2.05) is 0 Å². The molecule has 0 fully saturated rings. The van der Waals surface area contributed by atoms with Crippen molar-refractivity contribution < 1.29 is 9.59 Å². The first kappa shape index (κ1) is 19.1. The lowest BCUT2D eigenvalue weighted by molar-refractivity contribution is -0.114. The zero-order valence-electron chi connectivity index (χ0n) is 15.8. The first-order chi connectivity index (χ1) is 13.5. The third-order valence-electron chi connectivity index (χ3n) is 4.06. The van der Waals surface area contributed by atoms with Crippen molar-refractivity contribution in [2.24, 2.45) is 0 Å². The van der Waals surface area contributed by atoms with Crippen molar-refractivity contribution in [3.05, 3.63) is 83.7 Å². The summed E-state index contributed by atoms with van der Waals surface area (Å²) in [7, 11) is 0. The molecule has 0 aliphatic heterocycles. The molecule has 0 aliphatic rings. The van der Waals surface area contributed by atoms with Crippen molar-refractivity contribution in [3.63, 3.8) is 0 Å². The summed E-state index contributed by atoms with van der Waals surface area (Å²) in [6.07, 6.45) is 3.20. The molecule has 1 heterocycles. The Morgan fingerprint density at radius 1 is 0.893 bits per heavy atom. The van der Waals surface area contributed by atoms with Gasteiger partial charge < -0.3 is 16.0 Å². The summed E-state index contributed by atoms with van der Waals surface area (Å²) >= 11 is 0. The fourth-order valence-corrected chi connectivity index (χ4v) is 2.65. The lowest BCUT2D eigenvalue weighted by atomic mass is 10.1. The Morgan fingerprint density at radius 2 is 1.61 bits per heavy atom. The fourth-order valence-electron chi connectivity index (χ4n) is 2.65. The second-order valence-electron chi connectivity index (χ2n) is 6.52. The summed E-state index contributed by atoms with van der Waals surface area (Å²) in [6, 6.07) is 17.0. The lowest BCUT2D eigenvalue weighted by Gasteiger charge is -2.10. The number of amides is 2. The number of nitrogens with one attached hydrogen (secondary N) is 3. The van der Waals surface area contributed by atoms with Crippen LogP contribution in [0.5, 0.6) is 0 Å². The molecule has 0 bridgehead atoms. The van der Waals surface area contributed by atoms with Crippen LogP contribution in [0.2, 0.25) is 0 Å². The smallest absolute Gasteiger partial charge is 0.257 e. The quantitative estimate of drug-likeness (QED) is 0.603. The van der Waals surface area contributed by atoms with Crippen molar-refractivity contribution in [2.45, 2.75) is 20.4 Å². The van der Waals surface area contributed by atoms with Gasteiger partial charge >= 0.3 is 0 Å². The predicted octanol–water partition coefficient (Wildman–Crippen LogP) is 4.21. The molecule has 3 rings (SSSR count). The first-order valence-electron chi connectivity index (χ1n) is 8.93. The number of hydrogen-bond donors (Lipinski definition) is 3. The largest absolute Gasteiger partial charge is 0.380 e. The van der Waals surface area contributed by atoms with Crippen LogP contribution in [0.1, 0.15) is 28.4 Å². The molecule has 0 unspecified atom stereocenters. The third kappa shape index (κ3) is 5.41. The molecule has 0 aliphatic carbocycles. The molecule has 28 heavy (non-hydrogen) atoms. The summed E-state index contributed by atoms with van der Waals surface area (Å²) in [5.41, 5.74) is 4.78. The Morgan fingerprint density at radius 3 is 2.32 bits per heavy atom. The molecule has 2 aromatic carbocycles. The van der Waals surface area contributed by atoms with Gasteiger partial charge in [0.05, 0.1) is 11.3 Å². The summed E-state index contributed by atoms with van der Waals surface area (Å²) < 4.78 is 0. The molecule has 0 saturated carbocycles. The highest BCUT2D eigenvalue weighted by molar-refractivity contribution is 6.05. The van der Waals surface area contributed by atoms with Gasteiger partial charge in [-0.1, -0.05) is 35.9 Å². The monoisotopic (exact) mass is 374 g/mol. The number of nitrogens with zero attached hydrogens (tertiary/aromatic N) is 1. The third-order valence-corrected chi connectivity index (χ3v) is 4.06. The highest BCUT2D eigenvalue weighted by Crippen LogP contribution is 2.17. The molecule has 3 N–H and O–H groups in total. The van der Waals surface area contributed by atoms with Gasteiger partial charge in [-0.3, -0.25) is 14.6 Å². The van der Waals surface area contributed by atoms with Crippen LogP contribution in [0.3, 0.4) is 0 Å². The molecule has 3 aromatic rings. The molecule has 0 spiro atoms. The molecular weight excluding hydrogens is 352 g/mol. The Hall–Kier alpha value is -3.67. The van der Waals surface area contributed by atoms with Crippen molar-refractivity contribution in [1.29, 1.82) is 0 Å². The Kier molecular flexibility index (Phi) is 6.01. The number of anilines is 3. The summed E-state index contributed by atoms with van der Waals surface area (Å²) in [5, 5.41) is 8.79. The number of pyridine rings is 1. The maximum Gasteiger partial charge on any atom is 0.257 e. The van der Waals surface area contributed by atoms with Gasteiger partial charge in [0.25, 0.3) is 5.91 Å². The minimum atomic E-state index is -0.272. The molecule has 2 amide bonds. The molecule has 0 saturated heterocycles. The van der Waals surface area contributed by atoms with E-state index in [-0.39, 0.29) is 11.8 Å². The van der Waals surface area contributed by atoms with Gasteiger partial charge in [0, 0.05) is 37.2 Å². The van der Waals surface area contributed by atoms with Crippen LogP contribution in [0.15, 0.2) is 67.0 Å². The van der Waals surface area contributed by atoms with Crippen LogP contribution in [0.4, 0.5) is 17.1 Å². The van der Waals surface area contributed by atoms with Crippen molar-refractivity contribution >= 4 is 28.9 Å². The number of hydrogen-bond acceptors (Lipinski definition) is 4. The van der Waals surface area contributed by atoms with Gasteiger partial charge in [0.15, 0.2) is 0 Å². The normalized spacial score (nSPS) is 10.2. The topological polar surface area (TPSA) is 83.1 Å². The van der Waals surface area contributed by atoms with Crippen molar-refractivity contribution in [2.75, 3.05) is 16.0 Å². The number of carbonyl (C=O) groups is 2. The first-order valence-corrected chi connectivity index (χ1v) is 8.93. The molecule has 6 heteroatoms. The molecule has 1 aromatic heterocycles. The number of aromatic nitrogens is 1. The van der Waals surface area contributed by atoms with Crippen molar-refractivity contribution in [1.82, 2.24) is 4.98 Å². The Bertz CT molecular complexity index is 984. The SMILES string of the molecule is CC(=O)Nc1cccc(NC(=O)c2cncc(NCc3ccc(C)cc3)c2)c1. The van der Waals surface area contributed by atoms with Crippen LogP contribution in [0, 0.1) is 6.92 Å². The van der Waals surface area contributed by atoms with Crippen LogP contribution in [-0.2, 0) is 11.3 Å². The van der Waals surface area contributed by atoms with E-state index < -0.39 is 0 Å². The van der Waals surface area contributed by atoms with E-state index in [2.05, 4.69) is 52.1 Å². The van der Waals surface area contributed by atoms with Crippen molar-refractivity contribution in [3.8, 4) is 0 Å². The van der Waals surface area contributed by atoms with E-state index >= 15 is 0 Å². The maximum atomic E-state index is 12.5. The number of benzene rings is 2. The van der Waals surface area contributed by atoms with Crippen LogP contribution in [-0.4, -0.2) is 16.8 Å². The lowest BCUT2D eigenvalue weighted by Crippen LogP contribution is -2.13. The Labute approximate surface area is 164 Å². The van der Waals surface area contributed by atoms with Gasteiger partial charge in [0.1, 0.15) is 0 Å². The number of aryl methyl sites for hydroxylation is 1. The van der Waals surface area contributed by atoms with E-state index in [9.17, 15) is 9.59 Å². The van der Waals surface area contributed by atoms with Gasteiger partial charge in [-0.25, -0.2) is 0 Å². The summed E-state index contributed by atoms with van der Waals surface area (Å²) in [5.74, 6) is -0.438. The van der Waals surface area contributed by atoms with E-state index in [1.165, 1.54) is 18.7 Å².